The zero-order valence-corrected chi connectivity index (χ0v) is 12.9. The summed E-state index contributed by atoms with van der Waals surface area (Å²) in [6.07, 6.45) is 2.24. The quantitative estimate of drug-likeness (QED) is 0.711. The van der Waals surface area contributed by atoms with Gasteiger partial charge in [-0.2, -0.15) is 10.4 Å². The Morgan fingerprint density at radius 1 is 1.18 bits per heavy atom. The van der Waals surface area contributed by atoms with Gasteiger partial charge in [-0.3, -0.25) is 0 Å². The summed E-state index contributed by atoms with van der Waals surface area (Å²) in [7, 11) is 0. The number of benzene rings is 2. The third-order valence-corrected chi connectivity index (χ3v) is 3.70. The van der Waals surface area contributed by atoms with Gasteiger partial charge in [0.1, 0.15) is 0 Å². The van der Waals surface area contributed by atoms with Crippen LogP contribution in [0.4, 0.5) is 0 Å². The van der Waals surface area contributed by atoms with Gasteiger partial charge in [-0.05, 0) is 36.8 Å². The summed E-state index contributed by atoms with van der Waals surface area (Å²) in [6, 6.07) is 17.8. The Morgan fingerprint density at radius 2 is 1.95 bits per heavy atom. The molecule has 0 amide bonds. The monoisotopic (exact) mass is 307 g/mol. The van der Waals surface area contributed by atoms with Gasteiger partial charge in [0.15, 0.2) is 0 Å². The Kier molecular flexibility index (Phi) is 3.95. The largest absolute Gasteiger partial charge is 0.240 e. The molecule has 0 aliphatic rings. The lowest BCUT2D eigenvalue weighted by Crippen LogP contribution is -1.95. The van der Waals surface area contributed by atoms with Gasteiger partial charge in [-0.1, -0.05) is 35.9 Å². The average Bonchev–Trinajstić information content (AvgIpc) is 2.92. The van der Waals surface area contributed by atoms with E-state index >= 15 is 0 Å². The van der Waals surface area contributed by atoms with Crippen molar-refractivity contribution in [2.45, 2.75) is 13.3 Å². The van der Waals surface area contributed by atoms with Crippen LogP contribution < -0.4 is 0 Å². The van der Waals surface area contributed by atoms with Crippen molar-refractivity contribution in [3.05, 3.63) is 70.9 Å². The van der Waals surface area contributed by atoms with E-state index < -0.39 is 0 Å². The van der Waals surface area contributed by atoms with Crippen molar-refractivity contribution in [3.63, 3.8) is 0 Å². The topological polar surface area (TPSA) is 41.6 Å². The first kappa shape index (κ1) is 14.4. The van der Waals surface area contributed by atoms with Crippen LogP contribution in [-0.2, 0) is 6.42 Å². The van der Waals surface area contributed by atoms with Crippen LogP contribution in [0.2, 0.25) is 5.02 Å². The second kappa shape index (κ2) is 6.05. The molecule has 0 radical (unpaired) electrons. The summed E-state index contributed by atoms with van der Waals surface area (Å²) in [6.45, 7) is 2.04. The fourth-order valence-electron chi connectivity index (χ4n) is 2.38. The minimum absolute atomic E-state index is 0.323. The molecule has 0 spiro atoms. The summed E-state index contributed by atoms with van der Waals surface area (Å²) in [5.41, 5.74) is 4.84. The molecule has 0 saturated carbocycles. The Morgan fingerprint density at radius 3 is 2.64 bits per heavy atom. The molecular formula is C18H14ClN3. The van der Waals surface area contributed by atoms with E-state index in [4.69, 9.17) is 16.9 Å². The summed E-state index contributed by atoms with van der Waals surface area (Å²) in [4.78, 5) is 0. The summed E-state index contributed by atoms with van der Waals surface area (Å²) < 4.78 is 1.82. The van der Waals surface area contributed by atoms with Gasteiger partial charge in [0.25, 0.3) is 0 Å². The number of halogens is 1. The van der Waals surface area contributed by atoms with Gasteiger partial charge in [0.05, 0.1) is 23.9 Å². The maximum absolute atomic E-state index is 9.05. The number of aromatic nitrogens is 2. The molecule has 4 heteroatoms. The molecule has 1 heterocycles. The summed E-state index contributed by atoms with van der Waals surface area (Å²) in [5.74, 6) is 0. The highest BCUT2D eigenvalue weighted by Gasteiger charge is 2.12. The molecule has 3 nitrogen and oxygen atoms in total. The van der Waals surface area contributed by atoms with Crippen molar-refractivity contribution >= 4 is 11.6 Å². The highest BCUT2D eigenvalue weighted by atomic mass is 35.5. The Hall–Kier alpha value is -2.57. The molecule has 0 aliphatic carbocycles. The maximum atomic E-state index is 9.05. The highest BCUT2D eigenvalue weighted by Crippen LogP contribution is 2.25. The van der Waals surface area contributed by atoms with E-state index in [0.717, 1.165) is 22.5 Å². The zero-order valence-electron chi connectivity index (χ0n) is 12.1. The van der Waals surface area contributed by atoms with Gasteiger partial charge in [0, 0.05) is 22.3 Å². The lowest BCUT2D eigenvalue weighted by molar-refractivity contribution is 0.882. The molecule has 22 heavy (non-hydrogen) atoms. The molecule has 0 saturated heterocycles. The molecule has 3 aromatic rings. The molecular weight excluding hydrogens is 294 g/mol. The van der Waals surface area contributed by atoms with Crippen molar-refractivity contribution in [2.75, 3.05) is 0 Å². The van der Waals surface area contributed by atoms with Crippen LogP contribution in [0, 0.1) is 18.3 Å². The number of rotatable bonds is 3. The third kappa shape index (κ3) is 2.88. The molecule has 2 aromatic carbocycles. The first-order chi connectivity index (χ1) is 10.7. The van der Waals surface area contributed by atoms with Crippen LogP contribution >= 0.6 is 11.6 Å². The molecule has 0 N–H and O–H groups in total. The minimum atomic E-state index is 0.323. The molecule has 0 bridgehead atoms. The second-order valence-electron chi connectivity index (χ2n) is 5.13. The first-order valence-corrected chi connectivity index (χ1v) is 7.33. The van der Waals surface area contributed by atoms with E-state index in [0.29, 0.717) is 11.4 Å². The van der Waals surface area contributed by atoms with E-state index in [1.165, 1.54) is 5.56 Å². The molecule has 0 fully saturated rings. The maximum Gasteiger partial charge on any atom is 0.0970 e. The molecule has 0 unspecified atom stereocenters. The number of hydrogen-bond acceptors (Lipinski definition) is 2. The van der Waals surface area contributed by atoms with E-state index in [-0.39, 0.29) is 0 Å². The fourth-order valence-corrected chi connectivity index (χ4v) is 2.50. The second-order valence-corrected chi connectivity index (χ2v) is 5.56. The number of hydrogen-bond donors (Lipinski definition) is 0. The molecule has 1 aromatic heterocycles. The Labute approximate surface area is 134 Å². The Balaban J connectivity index is 2.10. The minimum Gasteiger partial charge on any atom is -0.240 e. The van der Waals surface area contributed by atoms with Crippen LogP contribution in [-0.4, -0.2) is 9.78 Å². The first-order valence-electron chi connectivity index (χ1n) is 6.96. The predicted molar refractivity (Wildman–Crippen MR) is 88.1 cm³/mol. The molecule has 0 aliphatic heterocycles. The van der Waals surface area contributed by atoms with Gasteiger partial charge < -0.3 is 0 Å². The molecule has 0 atom stereocenters. The average molecular weight is 308 g/mol. The van der Waals surface area contributed by atoms with Crippen molar-refractivity contribution in [2.24, 2.45) is 0 Å². The van der Waals surface area contributed by atoms with Crippen LogP contribution in [0.3, 0.4) is 0 Å². The van der Waals surface area contributed by atoms with Crippen LogP contribution in [0.5, 0.6) is 0 Å². The van der Waals surface area contributed by atoms with Gasteiger partial charge in [0.2, 0.25) is 0 Å². The van der Waals surface area contributed by atoms with E-state index in [2.05, 4.69) is 17.2 Å². The van der Waals surface area contributed by atoms with Crippen LogP contribution in [0.15, 0.2) is 54.7 Å². The smallest absolute Gasteiger partial charge is 0.0970 e. The molecule has 3 rings (SSSR count). The molecule has 108 valence electrons. The van der Waals surface area contributed by atoms with Crippen molar-refractivity contribution in [3.8, 4) is 23.0 Å². The van der Waals surface area contributed by atoms with Crippen LogP contribution in [0.25, 0.3) is 16.9 Å². The van der Waals surface area contributed by atoms with Crippen molar-refractivity contribution < 1.29 is 0 Å². The standard InChI is InChI=1S/C18H14ClN3/c1-13-3-2-4-17(11-13)22-12-15(9-10-20)18(21-22)14-5-7-16(19)8-6-14/h2-8,11-12H,9H2,1H3. The van der Waals surface area contributed by atoms with Gasteiger partial charge in [-0.25, -0.2) is 4.68 Å². The predicted octanol–water partition coefficient (Wildman–Crippen LogP) is 4.57. The summed E-state index contributed by atoms with van der Waals surface area (Å²) in [5, 5.41) is 14.4. The SMILES string of the molecule is Cc1cccc(-n2cc(CC#N)c(-c3ccc(Cl)cc3)n2)c1. The third-order valence-electron chi connectivity index (χ3n) is 3.44. The number of aryl methyl sites for hydroxylation is 1. The van der Waals surface area contributed by atoms with Gasteiger partial charge >= 0.3 is 0 Å². The lowest BCUT2D eigenvalue weighted by Gasteiger charge is -2.02. The number of nitriles is 1. The van der Waals surface area contributed by atoms with Crippen molar-refractivity contribution in [1.29, 1.82) is 5.26 Å². The van der Waals surface area contributed by atoms with Crippen molar-refractivity contribution in [1.82, 2.24) is 9.78 Å². The number of nitrogens with zero attached hydrogens (tertiary/aromatic N) is 3. The van der Waals surface area contributed by atoms with E-state index in [9.17, 15) is 0 Å². The Bertz CT molecular complexity index is 842. The highest BCUT2D eigenvalue weighted by molar-refractivity contribution is 6.30. The normalized spacial score (nSPS) is 10.4. The lowest BCUT2D eigenvalue weighted by atomic mass is 10.1. The van der Waals surface area contributed by atoms with Crippen LogP contribution in [0.1, 0.15) is 11.1 Å². The summed E-state index contributed by atoms with van der Waals surface area (Å²) >= 11 is 5.94. The van der Waals surface area contributed by atoms with Gasteiger partial charge in [-0.15, -0.1) is 0 Å². The fraction of sp³-hybridized carbons (Fsp3) is 0.111. The zero-order chi connectivity index (χ0) is 15.5. The van der Waals surface area contributed by atoms with E-state index in [1.807, 2.05) is 60.3 Å². The van der Waals surface area contributed by atoms with E-state index in [1.54, 1.807) is 0 Å².